The van der Waals surface area contributed by atoms with Crippen LogP contribution >= 0.6 is 0 Å². The fourth-order valence-corrected chi connectivity index (χ4v) is 2.16. The highest BCUT2D eigenvalue weighted by atomic mass is 19.1. The highest BCUT2D eigenvalue weighted by molar-refractivity contribution is 5.95. The van der Waals surface area contributed by atoms with E-state index in [1.54, 1.807) is 43.3 Å². The van der Waals surface area contributed by atoms with Gasteiger partial charge in [0.1, 0.15) is 5.82 Å². The van der Waals surface area contributed by atoms with Gasteiger partial charge >= 0.3 is 5.97 Å². The Morgan fingerprint density at radius 3 is 2.50 bits per heavy atom. The quantitative estimate of drug-likeness (QED) is 0.892. The van der Waals surface area contributed by atoms with Crippen LogP contribution in [0.3, 0.4) is 0 Å². The van der Waals surface area contributed by atoms with E-state index in [4.69, 9.17) is 5.11 Å². The maximum absolute atomic E-state index is 13.8. The van der Waals surface area contributed by atoms with Crippen LogP contribution in [0.2, 0.25) is 0 Å². The molecule has 1 amide bonds. The molecule has 0 aliphatic heterocycles. The molecular formula is C17H16FNO3. The number of benzene rings is 2. The second-order valence-corrected chi connectivity index (χ2v) is 5.02. The number of amides is 1. The van der Waals surface area contributed by atoms with Crippen LogP contribution in [-0.2, 0) is 4.79 Å². The van der Waals surface area contributed by atoms with Crippen molar-refractivity contribution >= 4 is 11.9 Å². The Hall–Kier alpha value is -2.69. The third-order valence-corrected chi connectivity index (χ3v) is 3.25. The molecule has 0 bridgehead atoms. The van der Waals surface area contributed by atoms with Gasteiger partial charge in [-0.3, -0.25) is 9.59 Å². The summed E-state index contributed by atoms with van der Waals surface area (Å²) in [5, 5.41) is 11.6. The molecule has 0 unspecified atom stereocenters. The Kier molecular flexibility index (Phi) is 4.88. The second kappa shape index (κ2) is 6.85. The summed E-state index contributed by atoms with van der Waals surface area (Å²) >= 11 is 0. The van der Waals surface area contributed by atoms with Gasteiger partial charge in [-0.2, -0.15) is 0 Å². The minimum atomic E-state index is -1.04. The van der Waals surface area contributed by atoms with Crippen LogP contribution in [0.5, 0.6) is 0 Å². The number of rotatable bonds is 5. The Bertz CT molecular complexity index is 686. The first-order valence-corrected chi connectivity index (χ1v) is 6.81. The number of carboxylic acid groups (broad SMARTS) is 1. The summed E-state index contributed by atoms with van der Waals surface area (Å²) in [7, 11) is 0. The normalized spacial score (nSPS) is 11.7. The van der Waals surface area contributed by atoms with Crippen molar-refractivity contribution in [1.29, 1.82) is 0 Å². The molecule has 0 spiro atoms. The minimum absolute atomic E-state index is 0.0914. The zero-order valence-corrected chi connectivity index (χ0v) is 12.0. The molecule has 2 rings (SSSR count). The first-order chi connectivity index (χ1) is 10.5. The molecule has 0 fully saturated rings. The molecule has 0 aliphatic carbocycles. The van der Waals surface area contributed by atoms with Gasteiger partial charge in [0.25, 0.3) is 5.91 Å². The fraction of sp³-hybridized carbons (Fsp3) is 0.176. The van der Waals surface area contributed by atoms with Gasteiger partial charge in [0.15, 0.2) is 0 Å². The van der Waals surface area contributed by atoms with E-state index in [1.807, 2.05) is 0 Å². The average molecular weight is 301 g/mol. The van der Waals surface area contributed by atoms with E-state index in [0.717, 1.165) is 5.56 Å². The lowest BCUT2D eigenvalue weighted by molar-refractivity contribution is -0.137. The van der Waals surface area contributed by atoms with Gasteiger partial charge in [0, 0.05) is 0 Å². The zero-order chi connectivity index (χ0) is 16.1. The predicted octanol–water partition coefficient (Wildman–Crippen LogP) is 3.08. The summed E-state index contributed by atoms with van der Waals surface area (Å²) in [5.74, 6) is -2.31. The van der Waals surface area contributed by atoms with Crippen molar-refractivity contribution in [2.24, 2.45) is 0 Å². The lowest BCUT2D eigenvalue weighted by Crippen LogP contribution is -2.30. The zero-order valence-electron chi connectivity index (χ0n) is 12.0. The van der Waals surface area contributed by atoms with E-state index < -0.39 is 23.7 Å². The number of carbonyl (C=O) groups is 2. The Labute approximate surface area is 127 Å². The van der Waals surface area contributed by atoms with E-state index in [0.29, 0.717) is 5.56 Å². The van der Waals surface area contributed by atoms with E-state index >= 15 is 0 Å². The van der Waals surface area contributed by atoms with Crippen LogP contribution in [0.25, 0.3) is 0 Å². The summed E-state index contributed by atoms with van der Waals surface area (Å²) in [6.45, 7) is 1.75. The number of aryl methyl sites for hydroxylation is 1. The third kappa shape index (κ3) is 3.91. The van der Waals surface area contributed by atoms with Crippen LogP contribution < -0.4 is 5.32 Å². The molecule has 1 atom stereocenters. The molecule has 5 heteroatoms. The molecule has 2 N–H and O–H groups in total. The van der Waals surface area contributed by atoms with Gasteiger partial charge in [0.2, 0.25) is 0 Å². The van der Waals surface area contributed by atoms with Crippen molar-refractivity contribution in [2.75, 3.05) is 0 Å². The number of carboxylic acids is 1. The van der Waals surface area contributed by atoms with Gasteiger partial charge in [-0.05, 0) is 24.6 Å². The number of halogens is 1. The van der Waals surface area contributed by atoms with E-state index in [1.165, 1.54) is 12.1 Å². The van der Waals surface area contributed by atoms with Gasteiger partial charge in [-0.25, -0.2) is 4.39 Å². The SMILES string of the molecule is Cc1ccc(F)c(C(=O)N[C@@H](CC(=O)O)c2ccccc2)c1. The van der Waals surface area contributed by atoms with Gasteiger partial charge < -0.3 is 10.4 Å². The molecule has 22 heavy (non-hydrogen) atoms. The predicted molar refractivity (Wildman–Crippen MR) is 80.0 cm³/mol. The van der Waals surface area contributed by atoms with E-state index in [2.05, 4.69) is 5.32 Å². The summed E-state index contributed by atoms with van der Waals surface area (Å²) in [4.78, 5) is 23.2. The Morgan fingerprint density at radius 2 is 1.86 bits per heavy atom. The smallest absolute Gasteiger partial charge is 0.305 e. The van der Waals surface area contributed by atoms with E-state index in [-0.39, 0.29) is 12.0 Å². The average Bonchev–Trinajstić information content (AvgIpc) is 2.49. The maximum Gasteiger partial charge on any atom is 0.305 e. The first-order valence-electron chi connectivity index (χ1n) is 6.81. The van der Waals surface area contributed by atoms with Crippen molar-refractivity contribution in [1.82, 2.24) is 5.32 Å². The number of hydrogen-bond acceptors (Lipinski definition) is 2. The topological polar surface area (TPSA) is 66.4 Å². The summed E-state index contributed by atoms with van der Waals surface area (Å²) in [6, 6.07) is 12.3. The molecule has 2 aromatic rings. The van der Waals surface area contributed by atoms with Crippen LogP contribution in [-0.4, -0.2) is 17.0 Å². The van der Waals surface area contributed by atoms with Gasteiger partial charge in [-0.1, -0.05) is 42.0 Å². The van der Waals surface area contributed by atoms with Crippen molar-refractivity contribution in [3.63, 3.8) is 0 Å². The Balaban J connectivity index is 2.25. The number of carbonyl (C=O) groups excluding carboxylic acids is 1. The van der Waals surface area contributed by atoms with Crippen LogP contribution in [0.1, 0.15) is 33.9 Å². The number of aliphatic carboxylic acids is 1. The van der Waals surface area contributed by atoms with Crippen molar-refractivity contribution in [2.45, 2.75) is 19.4 Å². The molecule has 0 heterocycles. The summed E-state index contributed by atoms with van der Waals surface area (Å²) < 4.78 is 13.8. The molecule has 0 aliphatic rings. The maximum atomic E-state index is 13.8. The lowest BCUT2D eigenvalue weighted by Gasteiger charge is -2.18. The second-order valence-electron chi connectivity index (χ2n) is 5.02. The van der Waals surface area contributed by atoms with Crippen LogP contribution in [0, 0.1) is 12.7 Å². The molecular weight excluding hydrogens is 285 g/mol. The number of hydrogen-bond donors (Lipinski definition) is 2. The lowest BCUT2D eigenvalue weighted by atomic mass is 10.0. The van der Waals surface area contributed by atoms with Crippen LogP contribution in [0.15, 0.2) is 48.5 Å². The van der Waals surface area contributed by atoms with Crippen molar-refractivity contribution in [3.05, 3.63) is 71.0 Å². The number of nitrogens with one attached hydrogen (secondary N) is 1. The monoisotopic (exact) mass is 301 g/mol. The van der Waals surface area contributed by atoms with Crippen molar-refractivity contribution < 1.29 is 19.1 Å². The molecule has 0 radical (unpaired) electrons. The molecule has 114 valence electrons. The third-order valence-electron chi connectivity index (χ3n) is 3.25. The van der Waals surface area contributed by atoms with E-state index in [9.17, 15) is 14.0 Å². The highest BCUT2D eigenvalue weighted by Crippen LogP contribution is 2.18. The highest BCUT2D eigenvalue weighted by Gasteiger charge is 2.20. The minimum Gasteiger partial charge on any atom is -0.481 e. The fourth-order valence-electron chi connectivity index (χ4n) is 2.16. The van der Waals surface area contributed by atoms with Gasteiger partial charge in [0.05, 0.1) is 18.0 Å². The van der Waals surface area contributed by atoms with Crippen molar-refractivity contribution in [3.8, 4) is 0 Å². The standard InChI is InChI=1S/C17H16FNO3/c1-11-7-8-14(18)13(9-11)17(22)19-15(10-16(20)21)12-5-3-2-4-6-12/h2-9,15H,10H2,1H3,(H,19,22)(H,20,21)/t15-/m0/s1. The summed E-state index contributed by atoms with van der Waals surface area (Å²) in [6.07, 6.45) is -0.275. The van der Waals surface area contributed by atoms with Crippen LogP contribution in [0.4, 0.5) is 4.39 Å². The van der Waals surface area contributed by atoms with Gasteiger partial charge in [-0.15, -0.1) is 0 Å². The summed E-state index contributed by atoms with van der Waals surface area (Å²) in [5.41, 5.74) is 1.32. The molecule has 0 aromatic heterocycles. The molecule has 4 nitrogen and oxygen atoms in total. The first kappa shape index (κ1) is 15.7. The largest absolute Gasteiger partial charge is 0.481 e. The molecule has 0 saturated heterocycles. The Morgan fingerprint density at radius 1 is 1.18 bits per heavy atom. The molecule has 0 saturated carbocycles. The molecule has 2 aromatic carbocycles.